The Kier molecular flexibility index (Phi) is 5.10. The second kappa shape index (κ2) is 6.15. The minimum atomic E-state index is -3.28. The van der Waals surface area contributed by atoms with E-state index in [1.807, 2.05) is 19.1 Å². The van der Waals surface area contributed by atoms with E-state index >= 15 is 0 Å². The van der Waals surface area contributed by atoms with Crippen molar-refractivity contribution in [3.05, 3.63) is 39.7 Å². The van der Waals surface area contributed by atoms with E-state index in [0.29, 0.717) is 5.69 Å². The Morgan fingerprint density at radius 1 is 1.44 bits per heavy atom. The molecule has 1 aromatic carbocycles. The number of hydrogen-bond donors (Lipinski definition) is 1. The van der Waals surface area contributed by atoms with Crippen LogP contribution in [0.5, 0.6) is 0 Å². The lowest BCUT2D eigenvalue weighted by molar-refractivity contribution is -0.111. The molecular weight excluding hydrogens is 318 g/mol. The van der Waals surface area contributed by atoms with Crippen molar-refractivity contribution in [1.82, 2.24) is 0 Å². The number of rotatable bonds is 4. The fraction of sp³-hybridized carbons (Fsp3) is 0.250. The predicted molar refractivity (Wildman–Crippen MR) is 76.1 cm³/mol. The van der Waals surface area contributed by atoms with Gasteiger partial charge in [0.2, 0.25) is 5.91 Å². The van der Waals surface area contributed by atoms with Crippen LogP contribution in [0.3, 0.4) is 0 Å². The molecule has 0 radical (unpaired) electrons. The van der Waals surface area contributed by atoms with Crippen LogP contribution in [0.15, 0.2) is 34.2 Å². The zero-order chi connectivity index (χ0) is 13.8. The van der Waals surface area contributed by atoms with Crippen LogP contribution < -0.4 is 5.32 Å². The standard InChI is InChI=1S/C12H14BrNO3S/c1-3-18(16,17)7-6-12(15)14-11-8-10(13)5-4-9(11)2/h4-8H,3H2,1-2H3,(H,14,15)/b7-6+. The number of nitrogens with one attached hydrogen (secondary N) is 1. The minimum Gasteiger partial charge on any atom is -0.322 e. The van der Waals surface area contributed by atoms with E-state index in [4.69, 9.17) is 0 Å². The van der Waals surface area contributed by atoms with Gasteiger partial charge in [-0.25, -0.2) is 8.42 Å². The van der Waals surface area contributed by atoms with Gasteiger partial charge in [-0.05, 0) is 24.6 Å². The van der Waals surface area contributed by atoms with Crippen molar-refractivity contribution in [3.8, 4) is 0 Å². The molecular formula is C12H14BrNO3S. The molecule has 0 atom stereocenters. The molecule has 0 saturated heterocycles. The topological polar surface area (TPSA) is 63.2 Å². The third-order valence-corrected chi connectivity index (χ3v) is 4.14. The lowest BCUT2D eigenvalue weighted by Crippen LogP contribution is -2.10. The first-order valence-electron chi connectivity index (χ1n) is 5.32. The SMILES string of the molecule is CCS(=O)(=O)/C=C/C(=O)Nc1cc(Br)ccc1C. The van der Waals surface area contributed by atoms with Gasteiger partial charge in [0, 0.05) is 21.6 Å². The molecule has 0 unspecified atom stereocenters. The molecule has 0 aliphatic rings. The summed E-state index contributed by atoms with van der Waals surface area (Å²) in [7, 11) is -3.28. The van der Waals surface area contributed by atoms with Crippen molar-refractivity contribution in [2.24, 2.45) is 0 Å². The van der Waals surface area contributed by atoms with Gasteiger partial charge >= 0.3 is 0 Å². The predicted octanol–water partition coefficient (Wildman–Crippen LogP) is 2.64. The molecule has 0 fully saturated rings. The molecule has 0 spiro atoms. The Morgan fingerprint density at radius 2 is 2.11 bits per heavy atom. The lowest BCUT2D eigenvalue weighted by atomic mass is 10.2. The number of amides is 1. The summed E-state index contributed by atoms with van der Waals surface area (Å²) in [6, 6.07) is 5.48. The summed E-state index contributed by atoms with van der Waals surface area (Å²) in [5.74, 6) is -0.486. The molecule has 0 bridgehead atoms. The molecule has 18 heavy (non-hydrogen) atoms. The summed E-state index contributed by atoms with van der Waals surface area (Å²) in [5.41, 5.74) is 1.55. The Labute approximate surface area is 115 Å². The highest BCUT2D eigenvalue weighted by atomic mass is 79.9. The maximum atomic E-state index is 11.6. The van der Waals surface area contributed by atoms with Gasteiger partial charge in [-0.15, -0.1) is 0 Å². The van der Waals surface area contributed by atoms with E-state index in [9.17, 15) is 13.2 Å². The lowest BCUT2D eigenvalue weighted by Gasteiger charge is -2.06. The number of benzene rings is 1. The molecule has 1 N–H and O–H groups in total. The third-order valence-electron chi connectivity index (χ3n) is 2.29. The zero-order valence-corrected chi connectivity index (χ0v) is 12.5. The first-order chi connectivity index (χ1) is 8.34. The molecule has 1 amide bonds. The molecule has 98 valence electrons. The zero-order valence-electron chi connectivity index (χ0n) is 10.1. The molecule has 1 rings (SSSR count). The molecule has 0 aliphatic carbocycles. The van der Waals surface area contributed by atoms with Gasteiger partial charge in [0.25, 0.3) is 0 Å². The number of carbonyl (C=O) groups is 1. The van der Waals surface area contributed by atoms with E-state index in [0.717, 1.165) is 21.5 Å². The van der Waals surface area contributed by atoms with Crippen LogP contribution in [-0.2, 0) is 14.6 Å². The van der Waals surface area contributed by atoms with Crippen LogP contribution in [-0.4, -0.2) is 20.1 Å². The van der Waals surface area contributed by atoms with E-state index in [1.54, 1.807) is 6.07 Å². The Bertz CT molecular complexity index is 579. The summed E-state index contributed by atoms with van der Waals surface area (Å²) >= 11 is 3.30. The fourth-order valence-corrected chi connectivity index (χ4v) is 2.05. The number of carbonyl (C=O) groups excluding carboxylic acids is 1. The van der Waals surface area contributed by atoms with Crippen molar-refractivity contribution in [1.29, 1.82) is 0 Å². The van der Waals surface area contributed by atoms with Crippen molar-refractivity contribution in [2.45, 2.75) is 13.8 Å². The fourth-order valence-electron chi connectivity index (χ4n) is 1.16. The highest BCUT2D eigenvalue weighted by Crippen LogP contribution is 2.20. The quantitative estimate of drug-likeness (QED) is 0.862. The van der Waals surface area contributed by atoms with Crippen molar-refractivity contribution in [2.75, 3.05) is 11.1 Å². The summed E-state index contributed by atoms with van der Waals surface area (Å²) in [4.78, 5) is 11.6. The number of halogens is 1. The molecule has 0 aromatic heterocycles. The van der Waals surface area contributed by atoms with Gasteiger partial charge < -0.3 is 5.32 Å². The Hall–Kier alpha value is -1.14. The molecule has 1 aromatic rings. The molecule has 0 aliphatic heterocycles. The van der Waals surface area contributed by atoms with Crippen LogP contribution in [0.2, 0.25) is 0 Å². The van der Waals surface area contributed by atoms with Crippen LogP contribution >= 0.6 is 15.9 Å². The number of sulfone groups is 1. The highest BCUT2D eigenvalue weighted by molar-refractivity contribution is 9.10. The highest BCUT2D eigenvalue weighted by Gasteiger charge is 2.05. The number of anilines is 1. The Morgan fingerprint density at radius 3 is 2.72 bits per heavy atom. The second-order valence-corrected chi connectivity index (χ2v) is 6.79. The maximum absolute atomic E-state index is 11.6. The van der Waals surface area contributed by atoms with E-state index < -0.39 is 15.7 Å². The van der Waals surface area contributed by atoms with Crippen molar-refractivity contribution < 1.29 is 13.2 Å². The van der Waals surface area contributed by atoms with E-state index in [1.165, 1.54) is 6.92 Å². The monoisotopic (exact) mass is 331 g/mol. The van der Waals surface area contributed by atoms with Gasteiger partial charge in [-0.3, -0.25) is 4.79 Å². The van der Waals surface area contributed by atoms with Gasteiger partial charge in [0.15, 0.2) is 9.84 Å². The van der Waals surface area contributed by atoms with E-state index in [2.05, 4.69) is 21.2 Å². The van der Waals surface area contributed by atoms with Gasteiger partial charge in [0.1, 0.15) is 0 Å². The van der Waals surface area contributed by atoms with Crippen molar-refractivity contribution in [3.63, 3.8) is 0 Å². The summed E-state index contributed by atoms with van der Waals surface area (Å²) < 4.78 is 23.2. The van der Waals surface area contributed by atoms with Crippen LogP contribution in [0, 0.1) is 6.92 Å². The average Bonchev–Trinajstić information content (AvgIpc) is 2.31. The summed E-state index contributed by atoms with van der Waals surface area (Å²) in [6.07, 6.45) is 1.03. The van der Waals surface area contributed by atoms with Crippen molar-refractivity contribution >= 4 is 37.4 Å². The molecule has 0 heterocycles. The van der Waals surface area contributed by atoms with E-state index in [-0.39, 0.29) is 5.75 Å². The largest absolute Gasteiger partial charge is 0.322 e. The molecule has 6 heteroatoms. The van der Waals surface area contributed by atoms with Crippen LogP contribution in [0.1, 0.15) is 12.5 Å². The molecule has 4 nitrogen and oxygen atoms in total. The first-order valence-corrected chi connectivity index (χ1v) is 7.83. The first kappa shape index (κ1) is 14.9. The number of hydrogen-bond acceptors (Lipinski definition) is 3. The minimum absolute atomic E-state index is 0.0211. The second-order valence-electron chi connectivity index (χ2n) is 3.70. The Balaban J connectivity index is 2.80. The third kappa shape index (κ3) is 4.62. The van der Waals surface area contributed by atoms with Crippen LogP contribution in [0.4, 0.5) is 5.69 Å². The normalized spacial score (nSPS) is 11.7. The maximum Gasteiger partial charge on any atom is 0.249 e. The summed E-state index contributed by atoms with van der Waals surface area (Å²) in [6.45, 7) is 3.38. The van der Waals surface area contributed by atoms with Gasteiger partial charge in [-0.2, -0.15) is 0 Å². The smallest absolute Gasteiger partial charge is 0.249 e. The average molecular weight is 332 g/mol. The number of aryl methyl sites for hydroxylation is 1. The van der Waals surface area contributed by atoms with Gasteiger partial charge in [0.05, 0.1) is 5.75 Å². The molecule has 0 saturated carbocycles. The van der Waals surface area contributed by atoms with Gasteiger partial charge in [-0.1, -0.05) is 28.9 Å². The van der Waals surface area contributed by atoms with Crippen LogP contribution in [0.25, 0.3) is 0 Å². The summed E-state index contributed by atoms with van der Waals surface area (Å²) in [5, 5.41) is 3.55.